The average Bonchev–Trinajstić information content (AvgIpc) is 3.04. The van der Waals surface area contributed by atoms with Crippen molar-refractivity contribution >= 4 is 55.0 Å². The SMILES string of the molecule is Cc1cc(Br)cc(C)c1NC(=O)c1cccc(NC(=O)c2ccc(Br)o2)c1. The third-order valence-electron chi connectivity index (χ3n) is 3.92. The maximum Gasteiger partial charge on any atom is 0.291 e. The van der Waals surface area contributed by atoms with Crippen LogP contribution in [0.4, 0.5) is 11.4 Å². The van der Waals surface area contributed by atoms with Gasteiger partial charge in [-0.05, 0) is 83.4 Å². The van der Waals surface area contributed by atoms with Gasteiger partial charge >= 0.3 is 0 Å². The number of amides is 2. The van der Waals surface area contributed by atoms with Crippen molar-refractivity contribution in [3.63, 3.8) is 0 Å². The number of nitrogens with one attached hydrogen (secondary N) is 2. The lowest BCUT2D eigenvalue weighted by Crippen LogP contribution is -2.15. The summed E-state index contributed by atoms with van der Waals surface area (Å²) in [5.74, 6) is -0.462. The molecule has 0 aliphatic rings. The number of hydrogen-bond acceptors (Lipinski definition) is 3. The van der Waals surface area contributed by atoms with Crippen molar-refractivity contribution < 1.29 is 14.0 Å². The molecule has 5 nitrogen and oxygen atoms in total. The van der Waals surface area contributed by atoms with E-state index in [0.29, 0.717) is 15.9 Å². The molecule has 0 spiro atoms. The first kappa shape index (κ1) is 19.4. The zero-order valence-electron chi connectivity index (χ0n) is 14.6. The van der Waals surface area contributed by atoms with Crippen LogP contribution in [-0.2, 0) is 0 Å². The van der Waals surface area contributed by atoms with Crippen LogP contribution in [0.5, 0.6) is 0 Å². The fourth-order valence-electron chi connectivity index (χ4n) is 2.66. The molecule has 7 heteroatoms. The molecule has 0 saturated carbocycles. The molecule has 1 aromatic heterocycles. The van der Waals surface area contributed by atoms with E-state index in [1.165, 1.54) is 0 Å². The van der Waals surface area contributed by atoms with Crippen molar-refractivity contribution in [1.29, 1.82) is 0 Å². The summed E-state index contributed by atoms with van der Waals surface area (Å²) >= 11 is 6.61. The van der Waals surface area contributed by atoms with Gasteiger partial charge in [0.25, 0.3) is 11.8 Å². The van der Waals surface area contributed by atoms with E-state index in [1.807, 2.05) is 26.0 Å². The number of carbonyl (C=O) groups is 2. The highest BCUT2D eigenvalue weighted by Crippen LogP contribution is 2.26. The van der Waals surface area contributed by atoms with Gasteiger partial charge in [-0.15, -0.1) is 0 Å². The molecule has 0 aliphatic carbocycles. The minimum absolute atomic E-state index is 0.179. The first-order chi connectivity index (χ1) is 12.8. The summed E-state index contributed by atoms with van der Waals surface area (Å²) in [6.45, 7) is 3.87. The lowest BCUT2D eigenvalue weighted by atomic mass is 10.1. The van der Waals surface area contributed by atoms with Crippen molar-refractivity contribution in [1.82, 2.24) is 0 Å². The predicted molar refractivity (Wildman–Crippen MR) is 112 cm³/mol. The molecule has 2 aromatic carbocycles. The van der Waals surface area contributed by atoms with E-state index in [1.54, 1.807) is 36.4 Å². The Morgan fingerprint density at radius 1 is 0.889 bits per heavy atom. The lowest BCUT2D eigenvalue weighted by molar-refractivity contribution is 0.0992. The third kappa shape index (κ3) is 4.67. The van der Waals surface area contributed by atoms with Crippen molar-refractivity contribution in [2.75, 3.05) is 10.6 Å². The Kier molecular flexibility index (Phi) is 5.82. The second kappa shape index (κ2) is 8.10. The fraction of sp³-hybridized carbons (Fsp3) is 0.100. The molecular weight excluding hydrogens is 476 g/mol. The summed E-state index contributed by atoms with van der Waals surface area (Å²) in [6, 6.07) is 13.8. The third-order valence-corrected chi connectivity index (χ3v) is 4.80. The van der Waals surface area contributed by atoms with Crippen LogP contribution in [0.1, 0.15) is 32.0 Å². The summed E-state index contributed by atoms with van der Waals surface area (Å²) < 4.78 is 6.67. The molecule has 3 aromatic rings. The van der Waals surface area contributed by atoms with Gasteiger partial charge in [-0.2, -0.15) is 0 Å². The zero-order valence-corrected chi connectivity index (χ0v) is 17.8. The van der Waals surface area contributed by atoms with E-state index in [-0.39, 0.29) is 11.7 Å². The molecule has 0 saturated heterocycles. The van der Waals surface area contributed by atoms with E-state index in [2.05, 4.69) is 42.5 Å². The van der Waals surface area contributed by atoms with Gasteiger partial charge in [0, 0.05) is 21.4 Å². The summed E-state index contributed by atoms with van der Waals surface area (Å²) in [5.41, 5.74) is 3.64. The van der Waals surface area contributed by atoms with Gasteiger partial charge in [-0.3, -0.25) is 9.59 Å². The highest BCUT2D eigenvalue weighted by atomic mass is 79.9. The zero-order chi connectivity index (χ0) is 19.6. The van der Waals surface area contributed by atoms with Crippen LogP contribution >= 0.6 is 31.9 Å². The van der Waals surface area contributed by atoms with E-state index < -0.39 is 5.91 Å². The monoisotopic (exact) mass is 490 g/mol. The molecule has 0 radical (unpaired) electrons. The summed E-state index contributed by atoms with van der Waals surface area (Å²) in [6.07, 6.45) is 0. The van der Waals surface area contributed by atoms with Crippen molar-refractivity contribution in [3.05, 3.63) is 80.1 Å². The maximum absolute atomic E-state index is 12.7. The second-order valence-corrected chi connectivity index (χ2v) is 7.70. The minimum Gasteiger partial charge on any atom is -0.444 e. The second-order valence-electron chi connectivity index (χ2n) is 6.01. The Labute approximate surface area is 173 Å². The van der Waals surface area contributed by atoms with Gasteiger partial charge in [0.1, 0.15) is 0 Å². The molecule has 0 atom stereocenters. The van der Waals surface area contributed by atoms with Crippen LogP contribution in [0, 0.1) is 13.8 Å². The Morgan fingerprint density at radius 3 is 2.22 bits per heavy atom. The van der Waals surface area contributed by atoms with Gasteiger partial charge in [0.2, 0.25) is 0 Å². The van der Waals surface area contributed by atoms with Gasteiger partial charge in [-0.25, -0.2) is 0 Å². The maximum atomic E-state index is 12.7. The largest absolute Gasteiger partial charge is 0.444 e. The highest BCUT2D eigenvalue weighted by Gasteiger charge is 2.14. The number of furan rings is 1. The smallest absolute Gasteiger partial charge is 0.291 e. The molecule has 3 rings (SSSR count). The highest BCUT2D eigenvalue weighted by molar-refractivity contribution is 9.10. The van der Waals surface area contributed by atoms with Crippen LogP contribution in [-0.4, -0.2) is 11.8 Å². The van der Waals surface area contributed by atoms with Gasteiger partial charge in [-0.1, -0.05) is 22.0 Å². The molecule has 0 aliphatic heterocycles. The molecular formula is C20H16Br2N2O3. The Bertz CT molecular complexity index is 1000. The Morgan fingerprint density at radius 2 is 1.59 bits per heavy atom. The number of halogens is 2. The number of carbonyl (C=O) groups excluding carboxylic acids is 2. The fourth-order valence-corrected chi connectivity index (χ4v) is 3.65. The molecule has 27 heavy (non-hydrogen) atoms. The normalized spacial score (nSPS) is 10.5. The van der Waals surface area contributed by atoms with E-state index in [9.17, 15) is 9.59 Å². The van der Waals surface area contributed by atoms with Gasteiger partial charge < -0.3 is 15.1 Å². The number of benzene rings is 2. The van der Waals surface area contributed by atoms with Crippen LogP contribution < -0.4 is 10.6 Å². The first-order valence-electron chi connectivity index (χ1n) is 8.08. The number of aryl methyl sites for hydroxylation is 2. The molecule has 0 fully saturated rings. The van der Waals surface area contributed by atoms with Crippen LogP contribution in [0.25, 0.3) is 0 Å². The number of rotatable bonds is 4. The summed E-state index contributed by atoms with van der Waals surface area (Å²) in [5, 5.41) is 5.66. The van der Waals surface area contributed by atoms with Crippen molar-refractivity contribution in [2.24, 2.45) is 0 Å². The molecule has 138 valence electrons. The lowest BCUT2D eigenvalue weighted by Gasteiger charge is -2.13. The Balaban J connectivity index is 1.77. The van der Waals surface area contributed by atoms with Crippen LogP contribution in [0.15, 0.2) is 62.1 Å². The van der Waals surface area contributed by atoms with E-state index in [4.69, 9.17) is 4.42 Å². The standard InChI is InChI=1S/C20H16Br2N2O3/c1-11-8-14(21)9-12(2)18(11)24-19(25)13-4-3-5-15(10-13)23-20(26)16-6-7-17(22)27-16/h3-10H,1-2H3,(H,23,26)(H,24,25). The van der Waals surface area contributed by atoms with Gasteiger partial charge in [0.05, 0.1) is 0 Å². The van der Waals surface area contributed by atoms with Crippen LogP contribution in [0.3, 0.4) is 0 Å². The minimum atomic E-state index is -0.391. The predicted octanol–water partition coefficient (Wildman–Crippen LogP) is 5.93. The summed E-state index contributed by atoms with van der Waals surface area (Å²) in [7, 11) is 0. The van der Waals surface area contributed by atoms with E-state index in [0.717, 1.165) is 21.3 Å². The Hall–Kier alpha value is -2.38. The quantitative estimate of drug-likeness (QED) is 0.475. The van der Waals surface area contributed by atoms with Crippen molar-refractivity contribution in [2.45, 2.75) is 13.8 Å². The average molecular weight is 492 g/mol. The van der Waals surface area contributed by atoms with Crippen molar-refractivity contribution in [3.8, 4) is 0 Å². The summed E-state index contributed by atoms with van der Waals surface area (Å²) in [4.78, 5) is 24.8. The number of anilines is 2. The number of hydrogen-bond donors (Lipinski definition) is 2. The van der Waals surface area contributed by atoms with Gasteiger partial charge in [0.15, 0.2) is 10.4 Å². The molecule has 2 amide bonds. The molecule has 2 N–H and O–H groups in total. The first-order valence-corrected chi connectivity index (χ1v) is 9.67. The molecule has 0 unspecified atom stereocenters. The molecule has 1 heterocycles. The van der Waals surface area contributed by atoms with E-state index >= 15 is 0 Å². The molecule has 0 bridgehead atoms. The topological polar surface area (TPSA) is 71.3 Å². The van der Waals surface area contributed by atoms with Crippen LogP contribution in [0.2, 0.25) is 0 Å².